The predicted molar refractivity (Wildman–Crippen MR) is 46.4 cm³/mol. The molecule has 1 fully saturated rings. The zero-order valence-corrected chi connectivity index (χ0v) is 7.29. The lowest BCUT2D eigenvalue weighted by Crippen LogP contribution is -2.33. The van der Waals surface area contributed by atoms with Gasteiger partial charge in [-0.1, -0.05) is 12.8 Å². The number of carboxylic acids is 1. The molecule has 13 heavy (non-hydrogen) atoms. The Morgan fingerprint density at radius 2 is 2.23 bits per heavy atom. The number of H-pyrrole nitrogens is 1. The number of nitrogens with zero attached hydrogens (tertiary/aromatic N) is 1. The van der Waals surface area contributed by atoms with Crippen molar-refractivity contribution >= 4 is 5.97 Å². The van der Waals surface area contributed by atoms with Gasteiger partial charge in [0.05, 0.1) is 0 Å². The molecule has 2 rings (SSSR count). The van der Waals surface area contributed by atoms with E-state index in [9.17, 15) is 9.90 Å². The van der Waals surface area contributed by atoms with Crippen LogP contribution in [0.15, 0.2) is 12.4 Å². The molecule has 0 saturated heterocycles. The van der Waals surface area contributed by atoms with E-state index in [1.165, 1.54) is 0 Å². The van der Waals surface area contributed by atoms with Gasteiger partial charge in [0.1, 0.15) is 11.2 Å². The maximum atomic E-state index is 11.2. The number of aromatic amines is 1. The monoisotopic (exact) mass is 180 g/mol. The number of hydrogen-bond acceptors (Lipinski definition) is 2. The number of aromatic nitrogens is 2. The standard InChI is InChI=1S/C9H12N2O2/c12-8(13)9(3-1-2-4-9)7-10-5-6-11-7/h5-6H,1-4H2,(H,10,11)(H,12,13). The number of hydrogen-bond donors (Lipinski definition) is 2. The van der Waals surface area contributed by atoms with Crippen LogP contribution in [0.2, 0.25) is 0 Å². The minimum atomic E-state index is -0.750. The summed E-state index contributed by atoms with van der Waals surface area (Å²) in [5.41, 5.74) is -0.733. The molecule has 0 amide bonds. The normalized spacial score (nSPS) is 20.3. The summed E-state index contributed by atoms with van der Waals surface area (Å²) < 4.78 is 0. The fourth-order valence-corrected chi connectivity index (χ4v) is 2.06. The Labute approximate surface area is 76.0 Å². The van der Waals surface area contributed by atoms with Crippen LogP contribution in [-0.4, -0.2) is 21.0 Å². The molecule has 0 radical (unpaired) electrons. The van der Waals surface area contributed by atoms with Crippen molar-refractivity contribution in [2.75, 3.05) is 0 Å². The van der Waals surface area contributed by atoms with Crippen molar-refractivity contribution in [2.45, 2.75) is 31.1 Å². The summed E-state index contributed by atoms with van der Waals surface area (Å²) in [6.07, 6.45) is 6.66. The van der Waals surface area contributed by atoms with Crippen LogP contribution in [0.4, 0.5) is 0 Å². The lowest BCUT2D eigenvalue weighted by Gasteiger charge is -2.20. The highest BCUT2D eigenvalue weighted by Crippen LogP contribution is 2.39. The summed E-state index contributed by atoms with van der Waals surface area (Å²) >= 11 is 0. The molecule has 1 aromatic heterocycles. The molecule has 0 bridgehead atoms. The molecule has 0 atom stereocenters. The minimum Gasteiger partial charge on any atom is -0.480 e. The molecule has 1 aliphatic rings. The van der Waals surface area contributed by atoms with Gasteiger partial charge >= 0.3 is 5.97 Å². The van der Waals surface area contributed by atoms with Gasteiger partial charge in [0, 0.05) is 12.4 Å². The fourth-order valence-electron chi connectivity index (χ4n) is 2.06. The number of carbonyl (C=O) groups is 1. The molecular formula is C9H12N2O2. The van der Waals surface area contributed by atoms with E-state index in [0.29, 0.717) is 18.7 Å². The Kier molecular flexibility index (Phi) is 1.83. The fraction of sp³-hybridized carbons (Fsp3) is 0.556. The maximum Gasteiger partial charge on any atom is 0.317 e. The van der Waals surface area contributed by atoms with Crippen LogP contribution in [0, 0.1) is 0 Å². The Bertz CT molecular complexity index is 299. The maximum absolute atomic E-state index is 11.2. The third-order valence-corrected chi connectivity index (χ3v) is 2.82. The molecule has 1 aliphatic carbocycles. The summed E-state index contributed by atoms with van der Waals surface area (Å²) in [5, 5.41) is 9.18. The van der Waals surface area contributed by atoms with Gasteiger partial charge in [-0.2, -0.15) is 0 Å². The molecule has 1 heterocycles. The third kappa shape index (κ3) is 1.13. The molecule has 2 N–H and O–H groups in total. The Hall–Kier alpha value is -1.32. The highest BCUT2D eigenvalue weighted by molar-refractivity contribution is 5.80. The highest BCUT2D eigenvalue weighted by atomic mass is 16.4. The molecule has 0 spiro atoms. The molecular weight excluding hydrogens is 168 g/mol. The molecule has 1 saturated carbocycles. The van der Waals surface area contributed by atoms with E-state index in [0.717, 1.165) is 12.8 Å². The molecule has 4 heteroatoms. The number of nitrogens with one attached hydrogen (secondary N) is 1. The molecule has 0 unspecified atom stereocenters. The van der Waals surface area contributed by atoms with Gasteiger partial charge in [-0.05, 0) is 12.8 Å². The highest BCUT2D eigenvalue weighted by Gasteiger charge is 2.45. The second-order valence-corrected chi connectivity index (χ2v) is 3.53. The van der Waals surface area contributed by atoms with Gasteiger partial charge in [0.25, 0.3) is 0 Å². The zero-order chi connectivity index (χ0) is 9.31. The van der Waals surface area contributed by atoms with Crippen molar-refractivity contribution in [2.24, 2.45) is 0 Å². The smallest absolute Gasteiger partial charge is 0.317 e. The van der Waals surface area contributed by atoms with E-state index >= 15 is 0 Å². The summed E-state index contributed by atoms with van der Waals surface area (Å²) in [5.74, 6) is -0.141. The van der Waals surface area contributed by atoms with Crippen LogP contribution < -0.4 is 0 Å². The van der Waals surface area contributed by atoms with Crippen molar-refractivity contribution in [3.8, 4) is 0 Å². The van der Waals surface area contributed by atoms with Gasteiger partial charge < -0.3 is 10.1 Å². The van der Waals surface area contributed by atoms with Crippen molar-refractivity contribution in [1.29, 1.82) is 0 Å². The first-order chi connectivity index (χ1) is 6.26. The summed E-state index contributed by atoms with van der Waals surface area (Å²) in [6.45, 7) is 0. The predicted octanol–water partition coefficient (Wildman–Crippen LogP) is 1.31. The van der Waals surface area contributed by atoms with E-state index in [2.05, 4.69) is 9.97 Å². The van der Waals surface area contributed by atoms with Crippen molar-refractivity contribution in [3.05, 3.63) is 18.2 Å². The third-order valence-electron chi connectivity index (χ3n) is 2.82. The lowest BCUT2D eigenvalue weighted by molar-refractivity contribution is -0.144. The van der Waals surface area contributed by atoms with Gasteiger partial charge in [-0.15, -0.1) is 0 Å². The first-order valence-corrected chi connectivity index (χ1v) is 4.49. The summed E-state index contributed by atoms with van der Waals surface area (Å²) in [7, 11) is 0. The summed E-state index contributed by atoms with van der Waals surface area (Å²) in [6, 6.07) is 0. The van der Waals surface area contributed by atoms with E-state index in [1.807, 2.05) is 0 Å². The number of aliphatic carboxylic acids is 1. The number of carboxylic acid groups (broad SMARTS) is 1. The second kappa shape index (κ2) is 2.87. The first kappa shape index (κ1) is 8.29. The average molecular weight is 180 g/mol. The van der Waals surface area contributed by atoms with Crippen molar-refractivity contribution in [1.82, 2.24) is 9.97 Å². The first-order valence-electron chi connectivity index (χ1n) is 4.49. The van der Waals surface area contributed by atoms with E-state index in [1.54, 1.807) is 12.4 Å². The molecule has 4 nitrogen and oxygen atoms in total. The topological polar surface area (TPSA) is 66.0 Å². The quantitative estimate of drug-likeness (QED) is 0.721. The average Bonchev–Trinajstić information content (AvgIpc) is 2.75. The minimum absolute atomic E-state index is 0.609. The zero-order valence-electron chi connectivity index (χ0n) is 7.29. The van der Waals surface area contributed by atoms with Crippen LogP contribution in [0.1, 0.15) is 31.5 Å². The van der Waals surface area contributed by atoms with Gasteiger partial charge in [0.15, 0.2) is 0 Å². The summed E-state index contributed by atoms with van der Waals surface area (Å²) in [4.78, 5) is 18.1. The van der Waals surface area contributed by atoms with E-state index < -0.39 is 11.4 Å². The molecule has 0 aromatic carbocycles. The Morgan fingerprint density at radius 1 is 1.54 bits per heavy atom. The molecule has 0 aliphatic heterocycles. The van der Waals surface area contributed by atoms with Crippen molar-refractivity contribution < 1.29 is 9.90 Å². The second-order valence-electron chi connectivity index (χ2n) is 3.53. The number of rotatable bonds is 2. The van der Waals surface area contributed by atoms with E-state index in [4.69, 9.17) is 0 Å². The Balaban J connectivity index is 2.39. The van der Waals surface area contributed by atoms with E-state index in [-0.39, 0.29) is 0 Å². The molecule has 1 aromatic rings. The van der Waals surface area contributed by atoms with Crippen molar-refractivity contribution in [3.63, 3.8) is 0 Å². The molecule has 70 valence electrons. The SMILES string of the molecule is O=C(O)C1(c2ncc[nH]2)CCCC1. The van der Waals surface area contributed by atoms with Crippen LogP contribution in [-0.2, 0) is 10.2 Å². The number of imidazole rings is 1. The Morgan fingerprint density at radius 3 is 2.69 bits per heavy atom. The van der Waals surface area contributed by atoms with Crippen LogP contribution in [0.3, 0.4) is 0 Å². The van der Waals surface area contributed by atoms with Gasteiger partial charge in [0.2, 0.25) is 0 Å². The lowest BCUT2D eigenvalue weighted by atomic mass is 9.85. The largest absolute Gasteiger partial charge is 0.480 e. The van der Waals surface area contributed by atoms with Crippen LogP contribution >= 0.6 is 0 Å². The van der Waals surface area contributed by atoms with Gasteiger partial charge in [-0.3, -0.25) is 4.79 Å². The van der Waals surface area contributed by atoms with Gasteiger partial charge in [-0.25, -0.2) is 4.98 Å². The van der Waals surface area contributed by atoms with Crippen LogP contribution in [0.25, 0.3) is 0 Å². The van der Waals surface area contributed by atoms with Crippen LogP contribution in [0.5, 0.6) is 0 Å².